The molecule has 1 unspecified atom stereocenters. The molecule has 0 saturated heterocycles. The van der Waals surface area contributed by atoms with Gasteiger partial charge in [0.1, 0.15) is 5.58 Å². The topological polar surface area (TPSA) is 42.2 Å². The minimum Gasteiger partial charge on any atom is -0.451 e. The quantitative estimate of drug-likeness (QED) is 0.718. The Kier molecular flexibility index (Phi) is 3.96. The predicted octanol–water partition coefficient (Wildman–Crippen LogP) is 5.20. The van der Waals surface area contributed by atoms with Gasteiger partial charge in [-0.1, -0.05) is 50.2 Å². The van der Waals surface area contributed by atoms with Crippen molar-refractivity contribution < 1.29 is 9.21 Å². The normalized spacial score (nSPS) is 12.3. The lowest BCUT2D eigenvalue weighted by Gasteiger charge is -2.15. The SMILES string of the molecule is CCC(C)c1ccccc1NC(=O)c1cc2ccccc2o1. The molecular weight excluding hydrogens is 274 g/mol. The van der Waals surface area contributed by atoms with E-state index in [1.807, 2.05) is 42.5 Å². The molecule has 22 heavy (non-hydrogen) atoms. The second-order valence-electron chi connectivity index (χ2n) is 5.50. The molecule has 1 N–H and O–H groups in total. The molecule has 1 heterocycles. The monoisotopic (exact) mass is 293 g/mol. The summed E-state index contributed by atoms with van der Waals surface area (Å²) in [4.78, 5) is 12.4. The first-order chi connectivity index (χ1) is 10.7. The van der Waals surface area contributed by atoms with Crippen LogP contribution in [-0.2, 0) is 0 Å². The maximum atomic E-state index is 12.4. The molecule has 0 saturated carbocycles. The van der Waals surface area contributed by atoms with E-state index >= 15 is 0 Å². The average Bonchev–Trinajstić information content (AvgIpc) is 2.99. The molecule has 3 nitrogen and oxygen atoms in total. The van der Waals surface area contributed by atoms with Crippen LogP contribution in [0.4, 0.5) is 5.69 Å². The highest BCUT2D eigenvalue weighted by atomic mass is 16.3. The van der Waals surface area contributed by atoms with Crippen LogP contribution in [0.3, 0.4) is 0 Å². The second-order valence-corrected chi connectivity index (χ2v) is 5.50. The van der Waals surface area contributed by atoms with Gasteiger partial charge in [-0.25, -0.2) is 0 Å². The van der Waals surface area contributed by atoms with Crippen LogP contribution in [0, 0.1) is 0 Å². The van der Waals surface area contributed by atoms with Crippen molar-refractivity contribution in [1.29, 1.82) is 0 Å². The largest absolute Gasteiger partial charge is 0.451 e. The van der Waals surface area contributed by atoms with Crippen LogP contribution in [-0.4, -0.2) is 5.91 Å². The number of furan rings is 1. The number of rotatable bonds is 4. The van der Waals surface area contributed by atoms with Gasteiger partial charge < -0.3 is 9.73 Å². The Morgan fingerprint density at radius 2 is 1.86 bits per heavy atom. The number of hydrogen-bond donors (Lipinski definition) is 1. The molecule has 112 valence electrons. The number of para-hydroxylation sites is 2. The summed E-state index contributed by atoms with van der Waals surface area (Å²) in [6.07, 6.45) is 1.03. The maximum Gasteiger partial charge on any atom is 0.291 e. The van der Waals surface area contributed by atoms with Crippen LogP contribution in [0.5, 0.6) is 0 Å². The Balaban J connectivity index is 1.88. The summed E-state index contributed by atoms with van der Waals surface area (Å²) >= 11 is 0. The van der Waals surface area contributed by atoms with Gasteiger partial charge in [0.15, 0.2) is 5.76 Å². The summed E-state index contributed by atoms with van der Waals surface area (Å²) in [6, 6.07) is 17.3. The average molecular weight is 293 g/mol. The fourth-order valence-electron chi connectivity index (χ4n) is 2.54. The first-order valence-corrected chi connectivity index (χ1v) is 7.58. The lowest BCUT2D eigenvalue weighted by atomic mass is 9.97. The van der Waals surface area contributed by atoms with E-state index in [1.165, 1.54) is 0 Å². The van der Waals surface area contributed by atoms with Gasteiger partial charge >= 0.3 is 0 Å². The molecule has 3 aromatic rings. The zero-order valence-electron chi connectivity index (χ0n) is 12.8. The van der Waals surface area contributed by atoms with Crippen LogP contribution in [0.15, 0.2) is 59.0 Å². The van der Waals surface area contributed by atoms with Crippen molar-refractivity contribution in [3.05, 3.63) is 65.9 Å². The Morgan fingerprint density at radius 1 is 1.14 bits per heavy atom. The van der Waals surface area contributed by atoms with Gasteiger partial charge in [-0.15, -0.1) is 0 Å². The molecule has 3 rings (SSSR count). The maximum absolute atomic E-state index is 12.4. The fraction of sp³-hybridized carbons (Fsp3) is 0.211. The van der Waals surface area contributed by atoms with E-state index in [0.29, 0.717) is 11.7 Å². The molecule has 0 fully saturated rings. The van der Waals surface area contributed by atoms with Crippen molar-refractivity contribution in [3.63, 3.8) is 0 Å². The predicted molar refractivity (Wildman–Crippen MR) is 89.3 cm³/mol. The number of anilines is 1. The van der Waals surface area contributed by atoms with Gasteiger partial charge in [-0.05, 0) is 36.1 Å². The second kappa shape index (κ2) is 6.06. The minimum absolute atomic E-state index is 0.216. The van der Waals surface area contributed by atoms with Crippen molar-refractivity contribution in [3.8, 4) is 0 Å². The minimum atomic E-state index is -0.216. The molecule has 0 bridgehead atoms. The molecule has 0 aliphatic carbocycles. The van der Waals surface area contributed by atoms with Crippen molar-refractivity contribution in [2.75, 3.05) is 5.32 Å². The number of hydrogen-bond acceptors (Lipinski definition) is 2. The van der Waals surface area contributed by atoms with E-state index < -0.39 is 0 Å². The Hall–Kier alpha value is -2.55. The van der Waals surface area contributed by atoms with Gasteiger partial charge in [-0.2, -0.15) is 0 Å². The van der Waals surface area contributed by atoms with Gasteiger partial charge in [0.2, 0.25) is 0 Å². The van der Waals surface area contributed by atoms with Gasteiger partial charge in [0.05, 0.1) is 0 Å². The lowest BCUT2D eigenvalue weighted by molar-refractivity contribution is 0.0998. The molecule has 0 spiro atoms. The summed E-state index contributed by atoms with van der Waals surface area (Å²) in [5.74, 6) is 0.513. The van der Waals surface area contributed by atoms with Crippen LogP contribution in [0.1, 0.15) is 42.3 Å². The smallest absolute Gasteiger partial charge is 0.291 e. The third-order valence-electron chi connectivity index (χ3n) is 4.00. The van der Waals surface area contributed by atoms with Crippen molar-refractivity contribution in [1.82, 2.24) is 0 Å². The number of nitrogens with one attached hydrogen (secondary N) is 1. The van der Waals surface area contributed by atoms with Crippen LogP contribution in [0.25, 0.3) is 11.0 Å². The number of carbonyl (C=O) groups excluding carboxylic acids is 1. The van der Waals surface area contributed by atoms with Crippen molar-refractivity contribution in [2.24, 2.45) is 0 Å². The molecule has 0 aliphatic rings. The molecule has 0 radical (unpaired) electrons. The molecule has 1 amide bonds. The van der Waals surface area contributed by atoms with E-state index in [4.69, 9.17) is 4.42 Å². The zero-order chi connectivity index (χ0) is 15.5. The summed E-state index contributed by atoms with van der Waals surface area (Å²) in [6.45, 7) is 4.30. The van der Waals surface area contributed by atoms with E-state index in [1.54, 1.807) is 6.07 Å². The zero-order valence-corrected chi connectivity index (χ0v) is 12.8. The highest BCUT2D eigenvalue weighted by molar-refractivity contribution is 6.05. The van der Waals surface area contributed by atoms with Crippen LogP contribution >= 0.6 is 0 Å². The highest BCUT2D eigenvalue weighted by Gasteiger charge is 2.15. The number of carbonyl (C=O) groups is 1. The molecule has 0 aliphatic heterocycles. The summed E-state index contributed by atoms with van der Waals surface area (Å²) < 4.78 is 5.62. The Bertz CT molecular complexity index is 771. The molecule has 3 heteroatoms. The van der Waals surface area contributed by atoms with Gasteiger partial charge in [0.25, 0.3) is 5.91 Å². The van der Waals surface area contributed by atoms with E-state index in [2.05, 4.69) is 25.2 Å². The summed E-state index contributed by atoms with van der Waals surface area (Å²) in [5, 5.41) is 3.90. The standard InChI is InChI=1S/C19H19NO2/c1-3-13(2)15-9-5-6-10-16(15)20-19(21)18-12-14-8-4-7-11-17(14)22-18/h4-13H,3H2,1-2H3,(H,20,21). The molecule has 1 aromatic heterocycles. The van der Waals surface area contributed by atoms with E-state index in [0.717, 1.165) is 28.6 Å². The Labute approximate surface area is 130 Å². The first-order valence-electron chi connectivity index (χ1n) is 7.58. The molecule has 2 aromatic carbocycles. The number of benzene rings is 2. The summed E-state index contributed by atoms with van der Waals surface area (Å²) in [7, 11) is 0. The van der Waals surface area contributed by atoms with Gasteiger partial charge in [-0.3, -0.25) is 4.79 Å². The van der Waals surface area contributed by atoms with E-state index in [9.17, 15) is 4.79 Å². The third-order valence-corrected chi connectivity index (χ3v) is 4.00. The molecule has 1 atom stereocenters. The van der Waals surface area contributed by atoms with Crippen LogP contribution < -0.4 is 5.32 Å². The Morgan fingerprint density at radius 3 is 2.64 bits per heavy atom. The molecular formula is C19H19NO2. The highest BCUT2D eigenvalue weighted by Crippen LogP contribution is 2.27. The number of amides is 1. The van der Waals surface area contributed by atoms with Crippen molar-refractivity contribution in [2.45, 2.75) is 26.2 Å². The third kappa shape index (κ3) is 2.75. The van der Waals surface area contributed by atoms with E-state index in [-0.39, 0.29) is 5.91 Å². The fourth-order valence-corrected chi connectivity index (χ4v) is 2.54. The first kappa shape index (κ1) is 14.4. The van der Waals surface area contributed by atoms with Crippen LogP contribution in [0.2, 0.25) is 0 Å². The lowest BCUT2D eigenvalue weighted by Crippen LogP contribution is -2.13. The number of fused-ring (bicyclic) bond motifs is 1. The summed E-state index contributed by atoms with van der Waals surface area (Å²) in [5.41, 5.74) is 2.72. The van der Waals surface area contributed by atoms with Crippen molar-refractivity contribution >= 4 is 22.6 Å². The van der Waals surface area contributed by atoms with Gasteiger partial charge in [0, 0.05) is 11.1 Å².